The van der Waals surface area contributed by atoms with Gasteiger partial charge in [0.25, 0.3) is 0 Å². The summed E-state index contributed by atoms with van der Waals surface area (Å²) >= 11 is 11.1. The average Bonchev–Trinajstić information content (AvgIpc) is 2.92. The molecular weight excluding hydrogens is 306 g/mol. The van der Waals surface area contributed by atoms with Crippen molar-refractivity contribution in [2.45, 2.75) is 25.0 Å². The van der Waals surface area contributed by atoms with Gasteiger partial charge >= 0.3 is 0 Å². The van der Waals surface area contributed by atoms with Gasteiger partial charge in [0.05, 0.1) is 17.7 Å². The molecule has 1 aromatic carbocycles. The molecule has 6 heteroatoms. The van der Waals surface area contributed by atoms with Crippen molar-refractivity contribution in [3.63, 3.8) is 0 Å². The van der Waals surface area contributed by atoms with Crippen molar-refractivity contribution >= 4 is 34.5 Å². The van der Waals surface area contributed by atoms with Crippen LogP contribution in [0.2, 0.25) is 5.02 Å². The minimum atomic E-state index is 0.230. The standard InChI is InChI=1S/C15H20ClN3OS/c16-14-6-10(3-4-13(14)15(17)21)18-7-12-8-19-5-1-2-11(19)9-20-12/h3-4,6,11-12,18H,1-2,5,7-9H2,(H2,17,21). The number of benzene rings is 1. The third-order valence-corrected chi connectivity index (χ3v) is 4.76. The molecule has 0 radical (unpaired) electrons. The zero-order valence-electron chi connectivity index (χ0n) is 11.8. The molecule has 3 rings (SSSR count). The van der Waals surface area contributed by atoms with E-state index >= 15 is 0 Å². The van der Waals surface area contributed by atoms with E-state index in [1.165, 1.54) is 19.4 Å². The van der Waals surface area contributed by atoms with Crippen LogP contribution in [-0.4, -0.2) is 48.3 Å². The van der Waals surface area contributed by atoms with Crippen molar-refractivity contribution in [1.29, 1.82) is 0 Å². The molecule has 2 aliphatic heterocycles. The molecule has 0 spiro atoms. The summed E-state index contributed by atoms with van der Waals surface area (Å²) in [6.07, 6.45) is 2.80. The van der Waals surface area contributed by atoms with Crippen molar-refractivity contribution < 1.29 is 4.74 Å². The molecule has 21 heavy (non-hydrogen) atoms. The Hall–Kier alpha value is -0.880. The molecule has 114 valence electrons. The quantitative estimate of drug-likeness (QED) is 0.832. The number of hydrogen-bond donors (Lipinski definition) is 2. The first-order valence-corrected chi connectivity index (χ1v) is 8.11. The molecule has 0 aliphatic carbocycles. The van der Waals surface area contributed by atoms with Crippen molar-refractivity contribution in [2.75, 3.05) is 31.6 Å². The van der Waals surface area contributed by atoms with Gasteiger partial charge in [0.2, 0.25) is 0 Å². The van der Waals surface area contributed by atoms with Crippen molar-refractivity contribution in [3.05, 3.63) is 28.8 Å². The van der Waals surface area contributed by atoms with Crippen LogP contribution in [0, 0.1) is 0 Å². The first-order valence-electron chi connectivity index (χ1n) is 7.32. The molecule has 0 aromatic heterocycles. The van der Waals surface area contributed by atoms with Gasteiger partial charge < -0.3 is 15.8 Å². The molecule has 0 bridgehead atoms. The van der Waals surface area contributed by atoms with Crippen LogP contribution >= 0.6 is 23.8 Å². The zero-order chi connectivity index (χ0) is 14.8. The number of hydrogen-bond acceptors (Lipinski definition) is 4. The van der Waals surface area contributed by atoms with Crippen LogP contribution in [0.3, 0.4) is 0 Å². The minimum absolute atomic E-state index is 0.230. The Kier molecular flexibility index (Phi) is 4.64. The highest BCUT2D eigenvalue weighted by Gasteiger charge is 2.31. The van der Waals surface area contributed by atoms with Gasteiger partial charge in [-0.3, -0.25) is 4.90 Å². The lowest BCUT2D eigenvalue weighted by Crippen LogP contribution is -2.48. The third kappa shape index (κ3) is 3.48. The number of nitrogens with zero attached hydrogens (tertiary/aromatic N) is 1. The molecule has 2 atom stereocenters. The number of halogens is 1. The number of nitrogens with two attached hydrogens (primary N) is 1. The third-order valence-electron chi connectivity index (χ3n) is 4.23. The predicted octanol–water partition coefficient (Wildman–Crippen LogP) is 2.25. The van der Waals surface area contributed by atoms with E-state index < -0.39 is 0 Å². The highest BCUT2D eigenvalue weighted by atomic mass is 35.5. The maximum atomic E-state index is 6.17. The Morgan fingerprint density at radius 1 is 1.52 bits per heavy atom. The Labute approximate surface area is 135 Å². The number of fused-ring (bicyclic) bond motifs is 1. The SMILES string of the molecule is NC(=S)c1ccc(NCC2CN3CCCC3CO2)cc1Cl. The monoisotopic (exact) mass is 325 g/mol. The molecule has 0 saturated carbocycles. The van der Waals surface area contributed by atoms with Gasteiger partial charge in [-0.2, -0.15) is 0 Å². The summed E-state index contributed by atoms with van der Waals surface area (Å²) in [5.74, 6) is 0. The van der Waals surface area contributed by atoms with Crippen molar-refractivity contribution in [2.24, 2.45) is 5.73 Å². The normalized spacial score (nSPS) is 25.6. The summed E-state index contributed by atoms with van der Waals surface area (Å²) in [5.41, 5.74) is 7.28. The number of rotatable bonds is 4. The lowest BCUT2D eigenvalue weighted by atomic mass is 10.1. The smallest absolute Gasteiger partial charge is 0.105 e. The molecule has 2 heterocycles. The van der Waals surface area contributed by atoms with Crippen LogP contribution in [0.25, 0.3) is 0 Å². The lowest BCUT2D eigenvalue weighted by molar-refractivity contribution is -0.0415. The summed E-state index contributed by atoms with van der Waals surface area (Å²) in [6.45, 7) is 3.86. The lowest BCUT2D eigenvalue weighted by Gasteiger charge is -2.35. The first-order chi connectivity index (χ1) is 10.1. The van der Waals surface area contributed by atoms with Gasteiger partial charge in [0.1, 0.15) is 4.99 Å². The van der Waals surface area contributed by atoms with E-state index in [4.69, 9.17) is 34.3 Å². The van der Waals surface area contributed by atoms with Crippen LogP contribution in [0.5, 0.6) is 0 Å². The maximum Gasteiger partial charge on any atom is 0.105 e. The molecule has 4 nitrogen and oxygen atoms in total. The summed E-state index contributed by atoms with van der Waals surface area (Å²) in [6, 6.07) is 6.30. The van der Waals surface area contributed by atoms with Crippen LogP contribution in [-0.2, 0) is 4.74 Å². The van der Waals surface area contributed by atoms with E-state index in [1.807, 2.05) is 18.2 Å². The second-order valence-corrected chi connectivity index (χ2v) is 6.53. The minimum Gasteiger partial charge on any atom is -0.389 e. The summed E-state index contributed by atoms with van der Waals surface area (Å²) in [5, 5.41) is 3.96. The second-order valence-electron chi connectivity index (χ2n) is 5.69. The van der Waals surface area contributed by atoms with Crippen LogP contribution in [0.15, 0.2) is 18.2 Å². The van der Waals surface area contributed by atoms with Crippen LogP contribution < -0.4 is 11.1 Å². The summed E-state index contributed by atoms with van der Waals surface area (Å²) in [7, 11) is 0. The number of thiocarbonyl (C=S) groups is 1. The number of morpholine rings is 1. The Morgan fingerprint density at radius 3 is 3.14 bits per heavy atom. The molecule has 3 N–H and O–H groups in total. The fourth-order valence-electron chi connectivity index (χ4n) is 3.07. The van der Waals surface area contributed by atoms with E-state index in [1.54, 1.807) is 0 Å². The predicted molar refractivity (Wildman–Crippen MR) is 90.2 cm³/mol. The highest BCUT2D eigenvalue weighted by molar-refractivity contribution is 7.80. The Balaban J connectivity index is 1.55. The van der Waals surface area contributed by atoms with Gasteiger partial charge in [-0.05, 0) is 37.6 Å². The maximum absolute atomic E-state index is 6.17. The molecule has 2 saturated heterocycles. The fraction of sp³-hybridized carbons (Fsp3) is 0.533. The average molecular weight is 326 g/mol. The number of nitrogens with one attached hydrogen (secondary N) is 1. The van der Waals surface area contributed by atoms with Crippen molar-refractivity contribution in [1.82, 2.24) is 4.90 Å². The molecule has 2 aliphatic rings. The molecule has 2 unspecified atom stereocenters. The van der Waals surface area contributed by atoms with Gasteiger partial charge in [0, 0.05) is 30.4 Å². The Bertz CT molecular complexity index is 540. The fourth-order valence-corrected chi connectivity index (χ4v) is 3.58. The van der Waals surface area contributed by atoms with Crippen molar-refractivity contribution in [3.8, 4) is 0 Å². The van der Waals surface area contributed by atoms with Gasteiger partial charge in [-0.15, -0.1) is 0 Å². The van der Waals surface area contributed by atoms with E-state index in [9.17, 15) is 0 Å². The largest absolute Gasteiger partial charge is 0.389 e. The van der Waals surface area contributed by atoms with Gasteiger partial charge in [0.15, 0.2) is 0 Å². The van der Waals surface area contributed by atoms with Gasteiger partial charge in [-0.25, -0.2) is 0 Å². The van der Waals surface area contributed by atoms with Crippen LogP contribution in [0.4, 0.5) is 5.69 Å². The first kappa shape index (κ1) is 15.0. The van der Waals surface area contributed by atoms with E-state index in [0.29, 0.717) is 21.6 Å². The number of ether oxygens (including phenoxy) is 1. The van der Waals surface area contributed by atoms with E-state index in [-0.39, 0.29) is 6.10 Å². The van der Waals surface area contributed by atoms with Gasteiger partial charge in [-0.1, -0.05) is 23.8 Å². The topological polar surface area (TPSA) is 50.5 Å². The molecular formula is C15H20ClN3OS. The summed E-state index contributed by atoms with van der Waals surface area (Å²) < 4.78 is 5.93. The van der Waals surface area contributed by atoms with E-state index in [2.05, 4.69) is 10.2 Å². The summed E-state index contributed by atoms with van der Waals surface area (Å²) in [4.78, 5) is 2.86. The highest BCUT2D eigenvalue weighted by Crippen LogP contribution is 2.24. The molecule has 1 aromatic rings. The van der Waals surface area contributed by atoms with Crippen LogP contribution in [0.1, 0.15) is 18.4 Å². The molecule has 2 fully saturated rings. The zero-order valence-corrected chi connectivity index (χ0v) is 13.4. The Morgan fingerprint density at radius 2 is 2.38 bits per heavy atom. The molecule has 0 amide bonds. The number of anilines is 1. The van der Waals surface area contributed by atoms with E-state index in [0.717, 1.165) is 25.4 Å². The second kappa shape index (κ2) is 6.48.